The first kappa shape index (κ1) is 18.5. The van der Waals surface area contributed by atoms with E-state index in [4.69, 9.17) is 4.42 Å². The van der Waals surface area contributed by atoms with Crippen molar-refractivity contribution < 1.29 is 9.21 Å². The summed E-state index contributed by atoms with van der Waals surface area (Å²) < 4.78 is 5.28. The van der Waals surface area contributed by atoms with Crippen LogP contribution in [0, 0.1) is 0 Å². The number of hydrogen-bond donors (Lipinski definition) is 2. The Morgan fingerprint density at radius 3 is 2.75 bits per heavy atom. The molecule has 0 radical (unpaired) electrons. The van der Waals surface area contributed by atoms with Gasteiger partial charge in [-0.3, -0.25) is 0 Å². The lowest BCUT2D eigenvalue weighted by atomic mass is 9.97. The monoisotopic (exact) mass is 346 g/mol. The standard InChI is InChI=1S/C19H26N2O2S/c1-4-15-7-5-9-17(14(2)3)18(15)21-19(22)20-10-12-24-13-16-8-6-11-23-16/h5-9,11,14H,4,10,12-13H2,1-3H3,(H2,20,21,22). The Balaban J connectivity index is 1.81. The van der Waals surface area contributed by atoms with Crippen LogP contribution in [-0.4, -0.2) is 18.3 Å². The van der Waals surface area contributed by atoms with E-state index in [1.165, 1.54) is 11.1 Å². The van der Waals surface area contributed by atoms with Gasteiger partial charge in [-0.25, -0.2) is 4.79 Å². The number of aryl methyl sites for hydroxylation is 1. The normalized spacial score (nSPS) is 10.8. The fourth-order valence-electron chi connectivity index (χ4n) is 2.51. The quantitative estimate of drug-likeness (QED) is 0.660. The Bertz CT molecular complexity index is 639. The summed E-state index contributed by atoms with van der Waals surface area (Å²) in [5.74, 6) is 3.01. The van der Waals surface area contributed by atoms with Crippen molar-refractivity contribution in [3.63, 3.8) is 0 Å². The van der Waals surface area contributed by atoms with Crippen molar-refractivity contribution in [1.29, 1.82) is 0 Å². The summed E-state index contributed by atoms with van der Waals surface area (Å²) in [6.45, 7) is 7.02. The van der Waals surface area contributed by atoms with E-state index >= 15 is 0 Å². The molecule has 0 aliphatic rings. The first-order valence-electron chi connectivity index (χ1n) is 8.38. The molecule has 5 heteroatoms. The number of hydrogen-bond acceptors (Lipinski definition) is 3. The molecule has 2 N–H and O–H groups in total. The molecule has 1 aromatic heterocycles. The van der Waals surface area contributed by atoms with Gasteiger partial charge in [0.05, 0.1) is 12.0 Å². The number of carbonyl (C=O) groups excluding carboxylic acids is 1. The van der Waals surface area contributed by atoms with Crippen molar-refractivity contribution in [3.8, 4) is 0 Å². The van der Waals surface area contributed by atoms with E-state index in [0.717, 1.165) is 29.4 Å². The van der Waals surface area contributed by atoms with E-state index < -0.39 is 0 Å². The van der Waals surface area contributed by atoms with Gasteiger partial charge in [0.1, 0.15) is 5.76 Å². The minimum absolute atomic E-state index is 0.142. The zero-order valence-electron chi connectivity index (χ0n) is 14.6. The van der Waals surface area contributed by atoms with Crippen LogP contribution in [0.3, 0.4) is 0 Å². The molecular weight excluding hydrogens is 320 g/mol. The van der Waals surface area contributed by atoms with Crippen molar-refractivity contribution in [1.82, 2.24) is 5.32 Å². The molecule has 0 atom stereocenters. The van der Waals surface area contributed by atoms with E-state index in [9.17, 15) is 4.79 Å². The van der Waals surface area contributed by atoms with Crippen LogP contribution in [-0.2, 0) is 12.2 Å². The number of furan rings is 1. The molecule has 1 aromatic carbocycles. The summed E-state index contributed by atoms with van der Waals surface area (Å²) in [5.41, 5.74) is 3.30. The van der Waals surface area contributed by atoms with Crippen LogP contribution in [0.5, 0.6) is 0 Å². The maximum atomic E-state index is 12.2. The molecule has 1 heterocycles. The minimum atomic E-state index is -0.142. The third-order valence-electron chi connectivity index (χ3n) is 3.78. The van der Waals surface area contributed by atoms with Crippen molar-refractivity contribution in [2.24, 2.45) is 0 Å². The number of amides is 2. The Labute approximate surface area is 148 Å². The van der Waals surface area contributed by atoms with Crippen molar-refractivity contribution in [2.75, 3.05) is 17.6 Å². The third kappa shape index (κ3) is 5.34. The van der Waals surface area contributed by atoms with Crippen molar-refractivity contribution >= 4 is 23.5 Å². The second-order valence-corrected chi connectivity index (χ2v) is 7.01. The van der Waals surface area contributed by atoms with Gasteiger partial charge in [-0.15, -0.1) is 0 Å². The predicted octanol–water partition coefficient (Wildman–Crippen LogP) is 5.02. The average Bonchev–Trinajstić information content (AvgIpc) is 3.07. The molecule has 2 amide bonds. The van der Waals surface area contributed by atoms with Crippen LogP contribution in [0.1, 0.15) is 43.6 Å². The van der Waals surface area contributed by atoms with Gasteiger partial charge in [-0.05, 0) is 35.6 Å². The highest BCUT2D eigenvalue weighted by atomic mass is 32.2. The van der Waals surface area contributed by atoms with E-state index in [0.29, 0.717) is 12.5 Å². The third-order valence-corrected chi connectivity index (χ3v) is 4.76. The van der Waals surface area contributed by atoms with E-state index in [-0.39, 0.29) is 6.03 Å². The molecule has 4 nitrogen and oxygen atoms in total. The topological polar surface area (TPSA) is 54.3 Å². The number of carbonyl (C=O) groups is 1. The zero-order chi connectivity index (χ0) is 17.4. The van der Waals surface area contributed by atoms with Gasteiger partial charge < -0.3 is 15.1 Å². The maximum Gasteiger partial charge on any atom is 0.319 e. The summed E-state index contributed by atoms with van der Waals surface area (Å²) in [4.78, 5) is 12.2. The van der Waals surface area contributed by atoms with Crippen LogP contribution in [0.25, 0.3) is 0 Å². The summed E-state index contributed by atoms with van der Waals surface area (Å²) in [5, 5.41) is 5.97. The average molecular weight is 346 g/mol. The number of urea groups is 1. The van der Waals surface area contributed by atoms with Gasteiger partial charge >= 0.3 is 6.03 Å². The van der Waals surface area contributed by atoms with Gasteiger partial charge in [0.2, 0.25) is 0 Å². The minimum Gasteiger partial charge on any atom is -0.468 e. The Morgan fingerprint density at radius 1 is 1.25 bits per heavy atom. The first-order valence-corrected chi connectivity index (χ1v) is 9.54. The van der Waals surface area contributed by atoms with Crippen LogP contribution in [0.2, 0.25) is 0 Å². The number of nitrogens with one attached hydrogen (secondary N) is 2. The fourth-order valence-corrected chi connectivity index (χ4v) is 3.27. The molecule has 2 aromatic rings. The summed E-state index contributed by atoms with van der Waals surface area (Å²) in [6, 6.07) is 9.92. The molecule has 24 heavy (non-hydrogen) atoms. The molecular formula is C19H26N2O2S. The lowest BCUT2D eigenvalue weighted by Gasteiger charge is -2.18. The molecule has 0 aliphatic carbocycles. The number of thioether (sulfide) groups is 1. The van der Waals surface area contributed by atoms with Gasteiger partial charge in [0, 0.05) is 18.0 Å². The highest BCUT2D eigenvalue weighted by Gasteiger charge is 2.12. The first-order chi connectivity index (χ1) is 11.6. The second-order valence-electron chi connectivity index (χ2n) is 5.90. The zero-order valence-corrected chi connectivity index (χ0v) is 15.4. The largest absolute Gasteiger partial charge is 0.468 e. The maximum absolute atomic E-state index is 12.2. The van der Waals surface area contributed by atoms with Crippen LogP contribution < -0.4 is 10.6 Å². The Kier molecular flexibility index (Phi) is 7.25. The van der Waals surface area contributed by atoms with Gasteiger partial charge in [0.15, 0.2) is 0 Å². The molecule has 2 rings (SSSR count). The molecule has 0 fully saturated rings. The SMILES string of the molecule is CCc1cccc(C(C)C)c1NC(=O)NCCSCc1ccco1. The number of para-hydroxylation sites is 1. The van der Waals surface area contributed by atoms with Crippen LogP contribution in [0.4, 0.5) is 10.5 Å². The molecule has 0 saturated carbocycles. The lowest BCUT2D eigenvalue weighted by Crippen LogP contribution is -2.31. The molecule has 0 saturated heterocycles. The molecule has 0 spiro atoms. The highest BCUT2D eigenvalue weighted by Crippen LogP contribution is 2.28. The summed E-state index contributed by atoms with van der Waals surface area (Å²) in [7, 11) is 0. The molecule has 0 unspecified atom stereocenters. The Hall–Kier alpha value is -1.88. The van der Waals surface area contributed by atoms with Gasteiger partial charge in [-0.2, -0.15) is 11.8 Å². The van der Waals surface area contributed by atoms with Gasteiger partial charge in [-0.1, -0.05) is 39.0 Å². The number of anilines is 1. The second kappa shape index (κ2) is 9.42. The summed E-state index contributed by atoms with van der Waals surface area (Å²) >= 11 is 1.74. The lowest BCUT2D eigenvalue weighted by molar-refractivity contribution is 0.252. The smallest absolute Gasteiger partial charge is 0.319 e. The van der Waals surface area contributed by atoms with Crippen molar-refractivity contribution in [2.45, 2.75) is 38.9 Å². The van der Waals surface area contributed by atoms with Gasteiger partial charge in [0.25, 0.3) is 0 Å². The van der Waals surface area contributed by atoms with Crippen molar-refractivity contribution in [3.05, 3.63) is 53.5 Å². The Morgan fingerprint density at radius 2 is 2.08 bits per heavy atom. The van der Waals surface area contributed by atoms with E-state index in [1.54, 1.807) is 18.0 Å². The molecule has 130 valence electrons. The predicted molar refractivity (Wildman–Crippen MR) is 102 cm³/mol. The van der Waals surface area contributed by atoms with E-state index in [2.05, 4.69) is 49.6 Å². The number of rotatable bonds is 8. The summed E-state index contributed by atoms with van der Waals surface area (Å²) in [6.07, 6.45) is 2.58. The van der Waals surface area contributed by atoms with Crippen LogP contribution >= 0.6 is 11.8 Å². The molecule has 0 aliphatic heterocycles. The van der Waals surface area contributed by atoms with E-state index in [1.807, 2.05) is 12.1 Å². The molecule has 0 bridgehead atoms. The highest BCUT2D eigenvalue weighted by molar-refractivity contribution is 7.98. The number of benzene rings is 1. The van der Waals surface area contributed by atoms with Crippen LogP contribution in [0.15, 0.2) is 41.0 Å². The fraction of sp³-hybridized carbons (Fsp3) is 0.421.